The van der Waals surface area contributed by atoms with E-state index < -0.39 is 9.76 Å². The van der Waals surface area contributed by atoms with Gasteiger partial charge in [0.2, 0.25) is 0 Å². The van der Waals surface area contributed by atoms with Crippen molar-refractivity contribution in [3.05, 3.63) is 12.2 Å². The molecule has 2 nitrogen and oxygen atoms in total. The lowest BCUT2D eigenvalue weighted by Gasteiger charge is -2.09. The highest BCUT2D eigenvalue weighted by Crippen LogP contribution is 2.27. The Balaban J connectivity index is 3.49. The first-order valence-corrected chi connectivity index (χ1v) is 4.97. The zero-order valence-electron chi connectivity index (χ0n) is 7.23. The average molecular weight is 246 g/mol. The van der Waals surface area contributed by atoms with Gasteiger partial charge in [-0.1, -0.05) is 47.0 Å². The first-order valence-electron chi connectivity index (χ1n) is 3.83. The van der Waals surface area contributed by atoms with Gasteiger partial charge < -0.3 is 4.74 Å². The average Bonchev–Trinajstić information content (AvgIpc) is 2.02. The summed E-state index contributed by atoms with van der Waals surface area (Å²) in [6.07, 6.45) is 5.49. The van der Waals surface area contributed by atoms with Crippen LogP contribution in [-0.2, 0) is 9.53 Å². The maximum Gasteiger partial charge on any atom is 0.358 e. The Hall–Kier alpha value is 0.0800. The van der Waals surface area contributed by atoms with Crippen LogP contribution >= 0.6 is 34.8 Å². The van der Waals surface area contributed by atoms with Gasteiger partial charge in [0.05, 0.1) is 6.61 Å². The van der Waals surface area contributed by atoms with Crippen LogP contribution in [0.25, 0.3) is 0 Å². The number of carbonyl (C=O) groups is 1. The first-order chi connectivity index (χ1) is 5.98. The second-order valence-corrected chi connectivity index (χ2v) is 4.63. The maximum absolute atomic E-state index is 10.9. The van der Waals surface area contributed by atoms with E-state index >= 15 is 0 Å². The van der Waals surface area contributed by atoms with Gasteiger partial charge in [-0.05, 0) is 19.8 Å². The Bertz CT molecular complexity index is 184. The third-order valence-electron chi connectivity index (χ3n) is 1.22. The fraction of sp³-hybridized carbons (Fsp3) is 0.625. The Kier molecular flexibility index (Phi) is 6.56. The number of allylic oxidation sites excluding steroid dienone is 2. The minimum Gasteiger partial charge on any atom is -0.463 e. The lowest BCUT2D eigenvalue weighted by atomic mass is 10.3. The molecule has 0 amide bonds. The van der Waals surface area contributed by atoms with Gasteiger partial charge in [-0.2, -0.15) is 0 Å². The minimum atomic E-state index is -1.96. The summed E-state index contributed by atoms with van der Waals surface area (Å²) in [5.41, 5.74) is 0. The predicted molar refractivity (Wildman–Crippen MR) is 55.3 cm³/mol. The normalized spacial score (nSPS) is 12.0. The van der Waals surface area contributed by atoms with Crippen molar-refractivity contribution in [2.75, 3.05) is 6.61 Å². The molecule has 0 aliphatic carbocycles. The fourth-order valence-corrected chi connectivity index (χ4v) is 0.778. The van der Waals surface area contributed by atoms with Gasteiger partial charge >= 0.3 is 5.97 Å². The number of hydrogen-bond donors (Lipinski definition) is 0. The molecule has 0 radical (unpaired) electrons. The van der Waals surface area contributed by atoms with Gasteiger partial charge in [0.15, 0.2) is 0 Å². The van der Waals surface area contributed by atoms with Crippen molar-refractivity contribution in [3.8, 4) is 0 Å². The largest absolute Gasteiger partial charge is 0.463 e. The van der Waals surface area contributed by atoms with Crippen LogP contribution in [0.2, 0.25) is 0 Å². The third-order valence-corrected chi connectivity index (χ3v) is 1.68. The van der Waals surface area contributed by atoms with Crippen molar-refractivity contribution >= 4 is 40.8 Å². The maximum atomic E-state index is 10.9. The van der Waals surface area contributed by atoms with E-state index in [0.717, 1.165) is 12.8 Å². The molecular weight excluding hydrogens is 234 g/mol. The van der Waals surface area contributed by atoms with E-state index in [1.54, 1.807) is 0 Å². The molecule has 0 N–H and O–H groups in total. The molecule has 5 heteroatoms. The summed E-state index contributed by atoms with van der Waals surface area (Å²) in [7, 11) is 0. The predicted octanol–water partition coefficient (Wildman–Crippen LogP) is 3.26. The van der Waals surface area contributed by atoms with Gasteiger partial charge in [-0.3, -0.25) is 0 Å². The smallest absolute Gasteiger partial charge is 0.358 e. The number of halogens is 3. The quantitative estimate of drug-likeness (QED) is 0.329. The number of hydrogen-bond acceptors (Lipinski definition) is 2. The van der Waals surface area contributed by atoms with E-state index in [0.29, 0.717) is 0 Å². The number of ether oxygens (including phenoxy) is 1. The van der Waals surface area contributed by atoms with E-state index in [2.05, 4.69) is 4.74 Å². The highest BCUT2D eigenvalue weighted by Gasteiger charge is 2.32. The summed E-state index contributed by atoms with van der Waals surface area (Å²) >= 11 is 15.8. The van der Waals surface area contributed by atoms with Gasteiger partial charge in [0.1, 0.15) is 0 Å². The molecule has 0 bridgehead atoms. The number of rotatable bonds is 4. The Morgan fingerprint density at radius 2 is 2.08 bits per heavy atom. The van der Waals surface area contributed by atoms with E-state index in [-0.39, 0.29) is 6.61 Å². The van der Waals surface area contributed by atoms with Crippen LogP contribution in [0.3, 0.4) is 0 Å². The Morgan fingerprint density at radius 1 is 1.46 bits per heavy atom. The second-order valence-electron chi connectivity index (χ2n) is 2.34. The lowest BCUT2D eigenvalue weighted by Crippen LogP contribution is -2.22. The monoisotopic (exact) mass is 244 g/mol. The number of unbranched alkanes of at least 4 members (excludes halogenated alkanes) is 1. The molecule has 0 rings (SSSR count). The molecule has 0 spiro atoms. The molecule has 0 saturated heterocycles. The molecular formula is C8H11Cl3O2. The molecule has 0 aromatic heterocycles. The van der Waals surface area contributed by atoms with Crippen LogP contribution in [0.4, 0.5) is 0 Å². The van der Waals surface area contributed by atoms with E-state index in [4.69, 9.17) is 34.8 Å². The third kappa shape index (κ3) is 7.17. The van der Waals surface area contributed by atoms with Gasteiger partial charge in [-0.25, -0.2) is 4.79 Å². The van der Waals surface area contributed by atoms with Crippen molar-refractivity contribution in [2.24, 2.45) is 0 Å². The van der Waals surface area contributed by atoms with E-state index in [1.165, 1.54) is 0 Å². The Morgan fingerprint density at radius 3 is 2.54 bits per heavy atom. The van der Waals surface area contributed by atoms with Crippen molar-refractivity contribution in [1.29, 1.82) is 0 Å². The summed E-state index contributed by atoms with van der Waals surface area (Å²) < 4.78 is 2.73. The van der Waals surface area contributed by atoms with Crippen LogP contribution in [0.15, 0.2) is 12.2 Å². The molecule has 0 atom stereocenters. The zero-order chi connectivity index (χ0) is 10.3. The summed E-state index contributed by atoms with van der Waals surface area (Å²) in [5, 5.41) is 0. The first kappa shape index (κ1) is 13.1. The minimum absolute atomic E-state index is 0.275. The summed E-state index contributed by atoms with van der Waals surface area (Å²) in [4.78, 5) is 10.9. The number of carbonyl (C=O) groups excluding carboxylic acids is 1. The van der Waals surface area contributed by atoms with E-state index in [1.807, 2.05) is 19.1 Å². The molecule has 0 saturated carbocycles. The van der Waals surface area contributed by atoms with Gasteiger partial charge in [0.25, 0.3) is 3.79 Å². The SMILES string of the molecule is C/C=C/CCCOC(=O)C(Cl)(Cl)Cl. The molecule has 76 valence electrons. The van der Waals surface area contributed by atoms with Crippen LogP contribution in [0.1, 0.15) is 19.8 Å². The summed E-state index contributed by atoms with van der Waals surface area (Å²) in [6, 6.07) is 0. The summed E-state index contributed by atoms with van der Waals surface area (Å²) in [6.45, 7) is 2.20. The topological polar surface area (TPSA) is 26.3 Å². The van der Waals surface area contributed by atoms with Crippen LogP contribution in [0.5, 0.6) is 0 Å². The van der Waals surface area contributed by atoms with Gasteiger partial charge in [-0.15, -0.1) is 0 Å². The molecule has 13 heavy (non-hydrogen) atoms. The van der Waals surface area contributed by atoms with Crippen molar-refractivity contribution in [1.82, 2.24) is 0 Å². The van der Waals surface area contributed by atoms with Crippen molar-refractivity contribution in [3.63, 3.8) is 0 Å². The van der Waals surface area contributed by atoms with Gasteiger partial charge in [0, 0.05) is 0 Å². The van der Waals surface area contributed by atoms with Crippen molar-refractivity contribution < 1.29 is 9.53 Å². The number of esters is 1. The van der Waals surface area contributed by atoms with Crippen LogP contribution in [-0.4, -0.2) is 16.4 Å². The number of alkyl halides is 3. The zero-order valence-corrected chi connectivity index (χ0v) is 9.49. The molecule has 0 aromatic carbocycles. The molecule has 0 aliphatic heterocycles. The molecule has 0 unspecified atom stereocenters. The van der Waals surface area contributed by atoms with Crippen LogP contribution in [0, 0.1) is 0 Å². The molecule has 0 aliphatic rings. The molecule has 0 heterocycles. The molecule has 0 aromatic rings. The standard InChI is InChI=1S/C8H11Cl3O2/c1-2-3-4-5-6-13-7(12)8(9,10)11/h2-3H,4-6H2,1H3/b3-2+. The lowest BCUT2D eigenvalue weighted by molar-refractivity contribution is -0.142. The Labute approximate surface area is 92.8 Å². The fourth-order valence-electron chi connectivity index (χ4n) is 0.615. The van der Waals surface area contributed by atoms with Crippen LogP contribution < -0.4 is 0 Å². The highest BCUT2D eigenvalue weighted by molar-refractivity contribution is 6.75. The van der Waals surface area contributed by atoms with E-state index in [9.17, 15) is 4.79 Å². The molecule has 0 fully saturated rings. The van der Waals surface area contributed by atoms with Crippen molar-refractivity contribution in [2.45, 2.75) is 23.6 Å². The highest BCUT2D eigenvalue weighted by atomic mass is 35.6. The summed E-state index contributed by atoms with van der Waals surface area (Å²) in [5.74, 6) is -0.821. The second kappa shape index (κ2) is 6.52.